The Balaban J connectivity index is -0.000000175. The molecule has 10 N–H and O–H groups in total. The van der Waals surface area contributed by atoms with Crippen LogP contribution in [0.5, 0.6) is 0 Å². The van der Waals surface area contributed by atoms with Gasteiger partial charge in [-0.3, -0.25) is 9.98 Å². The van der Waals surface area contributed by atoms with E-state index in [0.717, 1.165) is 32.2 Å². The predicted molar refractivity (Wildman–Crippen MR) is 113 cm³/mol. The third-order valence-electron chi connectivity index (χ3n) is 3.15. The summed E-state index contributed by atoms with van der Waals surface area (Å²) < 4.78 is 0. The minimum atomic E-state index is 0. The number of hydrogen-bond acceptors (Lipinski definition) is 7. The third kappa shape index (κ3) is 29.0. The van der Waals surface area contributed by atoms with Gasteiger partial charge in [-0.05, 0) is 46.5 Å². The molecule has 0 saturated carbocycles. The summed E-state index contributed by atoms with van der Waals surface area (Å²) >= 11 is 0. The Morgan fingerprint density at radius 3 is 1.70 bits per heavy atom. The van der Waals surface area contributed by atoms with Crippen LogP contribution < -0.4 is 23.1 Å². The number of amidine groups is 3. The zero-order valence-corrected chi connectivity index (χ0v) is 17.6. The molecule has 0 amide bonds. The van der Waals surface area contributed by atoms with Gasteiger partial charge >= 0.3 is 0 Å². The monoisotopic (exact) mass is 408 g/mol. The molecule has 0 aromatic heterocycles. The third-order valence-corrected chi connectivity index (χ3v) is 3.15. The van der Waals surface area contributed by atoms with Crippen molar-refractivity contribution in [1.29, 1.82) is 5.26 Å². The zero-order valence-electron chi connectivity index (χ0n) is 16.8. The zero-order chi connectivity index (χ0) is 21.0. The topological polar surface area (TPSA) is 205 Å². The maximum Gasteiger partial charge on any atom is 0.141 e. The van der Waals surface area contributed by atoms with Gasteiger partial charge in [0.1, 0.15) is 5.84 Å². The predicted octanol–water partition coefficient (Wildman–Crippen LogP) is 1.59. The summed E-state index contributed by atoms with van der Waals surface area (Å²) in [5, 5.41) is 26.2. The quantitative estimate of drug-likeness (QED) is 0.109. The average molecular weight is 409 g/mol. The molecule has 0 aliphatic heterocycles. The van der Waals surface area contributed by atoms with Gasteiger partial charge < -0.3 is 27.6 Å². The smallest absolute Gasteiger partial charge is 0.141 e. The van der Waals surface area contributed by atoms with Crippen molar-refractivity contribution in [3.05, 3.63) is 0 Å². The Kier molecular flexibility index (Phi) is 28.8. The molecule has 0 unspecified atom stereocenters. The fourth-order valence-electron chi connectivity index (χ4n) is 1.62. The van der Waals surface area contributed by atoms with Crippen LogP contribution in [0, 0.1) is 23.2 Å². The second-order valence-electron chi connectivity index (χ2n) is 5.79. The van der Waals surface area contributed by atoms with Crippen molar-refractivity contribution in [3.63, 3.8) is 0 Å². The lowest BCUT2D eigenvalue weighted by Gasteiger charge is -2.07. The van der Waals surface area contributed by atoms with Crippen LogP contribution in [0.4, 0.5) is 0 Å². The van der Waals surface area contributed by atoms with Crippen LogP contribution in [-0.2, 0) is 0 Å². The second-order valence-corrected chi connectivity index (χ2v) is 5.79. The summed E-state index contributed by atoms with van der Waals surface area (Å²) in [5.41, 5.74) is 16.1. The number of oxime groups is 1. The Labute approximate surface area is 168 Å². The maximum atomic E-state index is 8.43. The van der Waals surface area contributed by atoms with Gasteiger partial charge in [0.05, 0.1) is 17.7 Å². The molecule has 0 aromatic rings. The van der Waals surface area contributed by atoms with E-state index in [-0.39, 0.29) is 30.1 Å². The normalized spacial score (nSPS) is 13.6. The van der Waals surface area contributed by atoms with E-state index in [9.17, 15) is 0 Å². The van der Waals surface area contributed by atoms with Crippen molar-refractivity contribution in [2.75, 3.05) is 13.1 Å². The van der Waals surface area contributed by atoms with Crippen LogP contribution in [0.25, 0.3) is 0 Å². The summed E-state index contributed by atoms with van der Waals surface area (Å²) in [6.45, 7) is 8.80. The highest BCUT2D eigenvalue weighted by Gasteiger charge is 2.05. The van der Waals surface area contributed by atoms with E-state index < -0.39 is 0 Å². The summed E-state index contributed by atoms with van der Waals surface area (Å²) in [6.07, 6.45) is 3.61. The van der Waals surface area contributed by atoms with Crippen molar-refractivity contribution in [2.45, 2.75) is 53.4 Å². The van der Waals surface area contributed by atoms with Gasteiger partial charge in [-0.15, -0.1) is 12.4 Å². The number of nitriles is 1. The Bertz CT molecular complexity index is 456. The molecule has 0 spiro atoms. The molecule has 2 atom stereocenters. The molecule has 0 aliphatic rings. The van der Waals surface area contributed by atoms with Crippen molar-refractivity contribution in [2.24, 2.45) is 50.1 Å². The van der Waals surface area contributed by atoms with Gasteiger partial charge in [0.15, 0.2) is 0 Å². The molecule has 0 heterocycles. The summed E-state index contributed by atoms with van der Waals surface area (Å²) in [5.74, 6) is 5.22. The minimum absolute atomic E-state index is 0. The Hall–Kier alpha value is -2.09. The molecular weight excluding hydrogens is 372 g/mol. The summed E-state index contributed by atoms with van der Waals surface area (Å²) in [4.78, 5) is 8.05. The molecule has 0 saturated heterocycles. The molecule has 160 valence electrons. The number of rotatable bonds is 9. The first kappa shape index (κ1) is 32.6. The van der Waals surface area contributed by atoms with E-state index in [2.05, 4.69) is 27.1 Å². The fourth-order valence-corrected chi connectivity index (χ4v) is 1.62. The van der Waals surface area contributed by atoms with E-state index in [4.69, 9.17) is 32.9 Å². The fraction of sp³-hybridized carbons (Fsp3) is 0.750. The molecule has 0 fully saturated rings. The second kappa shape index (κ2) is 23.9. The number of aliphatic imine (C=N–C) groups is 2. The summed E-state index contributed by atoms with van der Waals surface area (Å²) in [7, 11) is 0. The van der Waals surface area contributed by atoms with Crippen LogP contribution >= 0.6 is 12.4 Å². The van der Waals surface area contributed by atoms with Crippen LogP contribution in [-0.4, -0.2) is 41.0 Å². The van der Waals surface area contributed by atoms with E-state index in [1.54, 1.807) is 13.8 Å². The molecule has 0 rings (SSSR count). The largest absolute Gasteiger partial charge is 0.409 e. The lowest BCUT2D eigenvalue weighted by molar-refractivity contribution is 0.311. The minimum Gasteiger partial charge on any atom is -0.409 e. The lowest BCUT2D eigenvalue weighted by Crippen LogP contribution is -2.21. The van der Waals surface area contributed by atoms with Crippen molar-refractivity contribution in [1.82, 2.24) is 0 Å². The van der Waals surface area contributed by atoms with Gasteiger partial charge in [0, 0.05) is 24.9 Å². The van der Waals surface area contributed by atoms with E-state index in [1.165, 1.54) is 0 Å². The molecule has 0 radical (unpaired) electrons. The first-order valence-electron chi connectivity index (χ1n) is 8.40. The van der Waals surface area contributed by atoms with Gasteiger partial charge in [0.25, 0.3) is 0 Å². The molecular formula is C16H37ClN8O2. The number of halogens is 1. The molecule has 11 heteroatoms. The maximum absolute atomic E-state index is 8.43. The number of hydrogen-bond donors (Lipinski definition) is 6. The van der Waals surface area contributed by atoms with Gasteiger partial charge in [-0.25, -0.2) is 5.90 Å². The van der Waals surface area contributed by atoms with Gasteiger partial charge in [-0.1, -0.05) is 12.1 Å². The standard InChI is InChI=1S/C8H18N4O.C8H15N3.ClH.H3NO/c1-6(8(10)12-13)4-3-5-11-7(2)9;1-7(6-9)4-3-5-11-8(2)10;;1-2/h6,13H,3-5H2,1-2H3,(H2,9,11)(H2,10,12);7H,3-5H2,1-2H3,(H2,10,11);1H;2H,1H2/t6-;7-;;/m00../s1. The molecule has 0 bridgehead atoms. The number of nitrogens with two attached hydrogens (primary N) is 4. The van der Waals surface area contributed by atoms with Crippen LogP contribution in [0.15, 0.2) is 15.1 Å². The SMILES string of the molecule is CC(N)=NCCC[C@H](C)/C(N)=N/O.CC(N)=NCCC[C@H](C)C#N.Cl.NO. The van der Waals surface area contributed by atoms with Crippen molar-refractivity contribution in [3.8, 4) is 6.07 Å². The first-order valence-corrected chi connectivity index (χ1v) is 8.40. The summed E-state index contributed by atoms with van der Waals surface area (Å²) in [6, 6.07) is 2.17. The lowest BCUT2D eigenvalue weighted by atomic mass is 10.1. The molecule has 0 aliphatic carbocycles. The molecule has 27 heavy (non-hydrogen) atoms. The Morgan fingerprint density at radius 1 is 0.963 bits per heavy atom. The Morgan fingerprint density at radius 2 is 1.37 bits per heavy atom. The highest BCUT2D eigenvalue weighted by Crippen LogP contribution is 2.05. The number of nitrogens with zero attached hydrogens (tertiary/aromatic N) is 4. The highest BCUT2D eigenvalue weighted by atomic mass is 35.5. The van der Waals surface area contributed by atoms with E-state index in [1.807, 2.05) is 13.8 Å². The molecule has 10 nitrogen and oxygen atoms in total. The van der Waals surface area contributed by atoms with E-state index >= 15 is 0 Å². The van der Waals surface area contributed by atoms with Gasteiger partial charge in [-0.2, -0.15) is 5.26 Å². The average Bonchev–Trinajstić information content (AvgIpc) is 2.63. The highest BCUT2D eigenvalue weighted by molar-refractivity contribution is 5.85. The van der Waals surface area contributed by atoms with Crippen molar-refractivity contribution < 1.29 is 10.4 Å². The van der Waals surface area contributed by atoms with Crippen LogP contribution in [0.3, 0.4) is 0 Å². The van der Waals surface area contributed by atoms with E-state index in [0.29, 0.717) is 18.2 Å². The first-order chi connectivity index (χ1) is 12.2. The molecule has 0 aromatic carbocycles. The van der Waals surface area contributed by atoms with Gasteiger partial charge in [0.2, 0.25) is 0 Å². The van der Waals surface area contributed by atoms with Crippen LogP contribution in [0.1, 0.15) is 53.4 Å². The van der Waals surface area contributed by atoms with Crippen molar-refractivity contribution >= 4 is 29.9 Å². The van der Waals surface area contributed by atoms with Crippen LogP contribution in [0.2, 0.25) is 0 Å².